The molecule has 0 saturated carbocycles. The van der Waals surface area contributed by atoms with Crippen molar-refractivity contribution in [1.29, 1.82) is 0 Å². The summed E-state index contributed by atoms with van der Waals surface area (Å²) >= 11 is 0. The van der Waals surface area contributed by atoms with Crippen LogP contribution in [0.15, 0.2) is 42.5 Å². The highest BCUT2D eigenvalue weighted by Gasteiger charge is 2.45. The Morgan fingerprint density at radius 1 is 0.493 bits per heavy atom. The second-order valence-electron chi connectivity index (χ2n) is 17.8. The molecule has 17 nitrogen and oxygen atoms in total. The van der Waals surface area contributed by atoms with Crippen molar-refractivity contribution in [2.24, 2.45) is 0 Å². The van der Waals surface area contributed by atoms with Crippen molar-refractivity contribution in [1.82, 2.24) is 0 Å². The molecule has 0 aliphatic carbocycles. The van der Waals surface area contributed by atoms with Crippen LogP contribution >= 0.6 is 0 Å². The maximum Gasteiger partial charge on any atom is 0.384 e. The van der Waals surface area contributed by atoms with E-state index in [1.165, 1.54) is 5.56 Å². The van der Waals surface area contributed by atoms with E-state index in [1.807, 2.05) is 30.3 Å². The molecule has 0 amide bonds. The van der Waals surface area contributed by atoms with E-state index < -0.39 is 11.9 Å². The molecule has 6 rings (SSSR count). The van der Waals surface area contributed by atoms with Gasteiger partial charge >= 0.3 is 11.9 Å². The van der Waals surface area contributed by atoms with E-state index in [4.69, 9.17) is 61.6 Å². The highest BCUT2D eigenvalue weighted by molar-refractivity contribution is 5.98. The lowest BCUT2D eigenvalue weighted by molar-refractivity contribution is -0.941. The minimum absolute atomic E-state index is 0.0160. The molecule has 4 unspecified atom stereocenters. The van der Waals surface area contributed by atoms with Crippen LogP contribution in [0.4, 0.5) is 0 Å². The molecular formula is C54H70N2O15+2. The van der Waals surface area contributed by atoms with Gasteiger partial charge in [-0.2, -0.15) is 0 Å². The highest BCUT2D eigenvalue weighted by atomic mass is 16.6. The minimum Gasteiger partial charge on any atom is -0.493 e. The lowest BCUT2D eigenvalue weighted by Gasteiger charge is -2.46. The maximum absolute atomic E-state index is 12.9. The van der Waals surface area contributed by atoms with Gasteiger partial charge in [0, 0.05) is 55.1 Å². The number of esters is 2. The molecule has 4 atom stereocenters. The van der Waals surface area contributed by atoms with Crippen molar-refractivity contribution in [2.75, 3.05) is 132 Å². The fraction of sp³-hybridized carbons (Fsp3) is 0.481. The molecule has 2 aliphatic heterocycles. The van der Waals surface area contributed by atoms with E-state index in [9.17, 15) is 9.59 Å². The third-order valence-electron chi connectivity index (χ3n) is 13.9. The van der Waals surface area contributed by atoms with Gasteiger partial charge in [0.05, 0.1) is 137 Å². The Morgan fingerprint density at radius 2 is 0.915 bits per heavy atom. The third-order valence-corrected chi connectivity index (χ3v) is 13.9. The van der Waals surface area contributed by atoms with Crippen molar-refractivity contribution < 1.29 is 80.1 Å². The molecule has 4 aromatic carbocycles. The second kappa shape index (κ2) is 23.8. The quantitative estimate of drug-likeness (QED) is 0.0269. The summed E-state index contributed by atoms with van der Waals surface area (Å²) < 4.78 is 75.5. The zero-order valence-corrected chi connectivity index (χ0v) is 43.5. The first-order valence-corrected chi connectivity index (χ1v) is 23.4. The van der Waals surface area contributed by atoms with Crippen LogP contribution in [0.2, 0.25) is 0 Å². The summed E-state index contributed by atoms with van der Waals surface area (Å²) in [5, 5.41) is 0. The summed E-state index contributed by atoms with van der Waals surface area (Å²) in [6.07, 6.45) is 3.20. The Bertz CT molecular complexity index is 2560. The Hall–Kier alpha value is -6.90. The fourth-order valence-electron chi connectivity index (χ4n) is 10.3. The number of carbonyl (C=O) groups is 2. The number of fused-ring (bicyclic) bond motifs is 2. The van der Waals surface area contributed by atoms with Gasteiger partial charge in [-0.1, -0.05) is 0 Å². The van der Waals surface area contributed by atoms with Crippen molar-refractivity contribution in [2.45, 2.75) is 44.2 Å². The molecule has 0 aromatic heterocycles. The predicted octanol–water partition coefficient (Wildman–Crippen LogP) is 6.73. The number of ether oxygens (including phenoxy) is 13. The standard InChI is InChI=1S/C54H70N2O15/c1-55(22-18-35-29-40(59-3)41(60-4)33-38(35)39(55)26-34-27-42(61-5)51(66-10)43(28-34)62-6)20-14-24-70-47(57)16-17-48(58)71-25-15-21-56(2)23-19-36-30-46(65-9)53(68-12)54(69-13)49(36)50(56)37-31-44(63-7)52(67-11)45(32-37)64-8/h27-33,39,50H,14-15,18-26H2,1-13H3/q+2. The van der Waals surface area contributed by atoms with Gasteiger partial charge in [-0.15, -0.1) is 0 Å². The molecule has 71 heavy (non-hydrogen) atoms. The summed E-state index contributed by atoms with van der Waals surface area (Å²) in [4.78, 5) is 25.7. The summed E-state index contributed by atoms with van der Waals surface area (Å²) in [7, 11) is 22.0. The van der Waals surface area contributed by atoms with Crippen molar-refractivity contribution >= 4 is 11.9 Å². The Balaban J connectivity index is 1.11. The summed E-state index contributed by atoms with van der Waals surface area (Å²) in [6, 6.07) is 13.7. The monoisotopic (exact) mass is 986 g/mol. The van der Waals surface area contributed by atoms with Gasteiger partial charge in [0.2, 0.25) is 17.2 Å². The summed E-state index contributed by atoms with van der Waals surface area (Å²) in [5.74, 6) is 9.10. The van der Waals surface area contributed by atoms with E-state index >= 15 is 0 Å². The van der Waals surface area contributed by atoms with Crippen LogP contribution < -0.4 is 52.1 Å². The number of hydrogen-bond acceptors (Lipinski definition) is 15. The molecule has 4 aromatic rings. The fourth-order valence-corrected chi connectivity index (χ4v) is 10.3. The van der Waals surface area contributed by atoms with E-state index in [0.29, 0.717) is 111 Å². The zero-order chi connectivity index (χ0) is 51.5. The topological polar surface area (TPSA) is 154 Å². The third kappa shape index (κ3) is 11.3. The van der Waals surface area contributed by atoms with Crippen molar-refractivity contribution in [3.05, 3.63) is 75.8 Å². The molecule has 0 fully saturated rings. The highest BCUT2D eigenvalue weighted by Crippen LogP contribution is 2.53. The van der Waals surface area contributed by atoms with Crippen LogP contribution in [0.1, 0.15) is 58.3 Å². The lowest BCUT2D eigenvalue weighted by atomic mass is 9.84. The number of hydrogen-bond donors (Lipinski definition) is 0. The average Bonchev–Trinajstić information content (AvgIpc) is 3.39. The van der Waals surface area contributed by atoms with Crippen molar-refractivity contribution in [3.8, 4) is 75.1 Å². The van der Waals surface area contributed by atoms with Gasteiger partial charge in [-0.3, -0.25) is 0 Å². The second-order valence-corrected chi connectivity index (χ2v) is 17.8. The van der Waals surface area contributed by atoms with Gasteiger partial charge in [0.25, 0.3) is 0 Å². The number of methoxy groups -OCH3 is 11. The zero-order valence-electron chi connectivity index (χ0n) is 43.5. The van der Waals surface area contributed by atoms with Crippen LogP contribution in [0.3, 0.4) is 0 Å². The molecule has 0 N–H and O–H groups in total. The number of quaternary nitrogens is 2. The number of nitrogens with zero attached hydrogens (tertiary/aromatic N) is 2. The van der Waals surface area contributed by atoms with Crippen molar-refractivity contribution in [3.63, 3.8) is 0 Å². The number of rotatable bonds is 22. The number of likely N-dealkylation sites (N-methyl/N-ethyl adjacent to an activating group) is 2. The summed E-state index contributed by atoms with van der Waals surface area (Å²) in [6.45, 7) is 3.02. The number of carbonyl (C=O) groups excluding carboxylic acids is 2. The van der Waals surface area contributed by atoms with Gasteiger partial charge in [-0.25, -0.2) is 9.59 Å². The Kier molecular flexibility index (Phi) is 17.9. The first-order valence-electron chi connectivity index (χ1n) is 23.4. The van der Waals surface area contributed by atoms with Gasteiger partial charge in [0.1, 0.15) is 12.1 Å². The predicted molar refractivity (Wildman–Crippen MR) is 264 cm³/mol. The van der Waals surface area contributed by atoms with E-state index in [0.717, 1.165) is 47.3 Å². The first-order chi connectivity index (χ1) is 34.2. The van der Waals surface area contributed by atoms with Gasteiger partial charge in [0.15, 0.2) is 46.0 Å². The molecule has 0 radical (unpaired) electrons. The van der Waals surface area contributed by atoms with Crippen LogP contribution in [0.25, 0.3) is 0 Å². The molecular weight excluding hydrogens is 917 g/mol. The minimum atomic E-state index is -0.819. The normalized spacial score (nSPS) is 18.8. The molecule has 0 bridgehead atoms. The maximum atomic E-state index is 12.9. The smallest absolute Gasteiger partial charge is 0.384 e. The Labute approximate surface area is 417 Å². The molecule has 0 saturated heterocycles. The number of benzene rings is 4. The molecule has 384 valence electrons. The lowest BCUT2D eigenvalue weighted by Crippen LogP contribution is -2.52. The van der Waals surface area contributed by atoms with Gasteiger partial charge < -0.3 is 70.5 Å². The summed E-state index contributed by atoms with van der Waals surface area (Å²) in [5.41, 5.74) is 6.20. The largest absolute Gasteiger partial charge is 0.493 e. The van der Waals surface area contributed by atoms with E-state index in [1.54, 1.807) is 78.2 Å². The molecule has 2 heterocycles. The van der Waals surface area contributed by atoms with E-state index in [2.05, 4.69) is 38.1 Å². The van der Waals surface area contributed by atoms with Crippen LogP contribution in [-0.4, -0.2) is 153 Å². The van der Waals surface area contributed by atoms with Crippen LogP contribution in [0, 0.1) is 11.8 Å². The Morgan fingerprint density at radius 3 is 1.41 bits per heavy atom. The van der Waals surface area contributed by atoms with Crippen LogP contribution in [-0.2, 0) is 38.3 Å². The first kappa shape index (κ1) is 53.5. The average molecular weight is 987 g/mol. The SMILES string of the molecule is COc1cc2c(cc1OC)C(Cc1cc(OC)c(OC)c(OC)c1)[N+](C)(CCCOC(=O)C#CC(=O)OCCC[N+]1(C)CCc3cc(OC)c(OC)c(OC)c3C1c1cc(OC)c(OC)c(OC)c1)CC2. The van der Waals surface area contributed by atoms with Gasteiger partial charge in [-0.05, 0) is 59.2 Å². The molecule has 17 heteroatoms. The molecule has 0 spiro atoms. The van der Waals surface area contributed by atoms with E-state index in [-0.39, 0.29) is 25.3 Å². The molecule has 2 aliphatic rings. The van der Waals surface area contributed by atoms with Crippen LogP contribution in [0.5, 0.6) is 63.2 Å².